The number of benzene rings is 2. The van der Waals surface area contributed by atoms with Crippen molar-refractivity contribution in [3.63, 3.8) is 0 Å². The molecule has 1 aliphatic heterocycles. The molecule has 6 nitrogen and oxygen atoms in total. The number of hydrogen-bond donors (Lipinski definition) is 3. The SMILES string of the molecule is CC(=O)NC(Cc1cc(F)cc(F)c1)C(O)CNC(c1cccc(C(C)(C)C)c1)C1CCN(C(C)=O)C1. The largest absolute Gasteiger partial charge is 0.390 e. The normalized spacial score (nSPS) is 18.4. The molecule has 37 heavy (non-hydrogen) atoms. The highest BCUT2D eigenvalue weighted by atomic mass is 19.1. The zero-order chi connectivity index (χ0) is 27.3. The fraction of sp³-hybridized carbons (Fsp3) is 0.517. The van der Waals surface area contributed by atoms with E-state index in [-0.39, 0.29) is 42.2 Å². The van der Waals surface area contributed by atoms with Crippen LogP contribution in [0.5, 0.6) is 0 Å². The number of nitrogens with zero attached hydrogens (tertiary/aromatic N) is 1. The smallest absolute Gasteiger partial charge is 0.219 e. The molecule has 0 aliphatic carbocycles. The number of carbonyl (C=O) groups excluding carboxylic acids is 2. The number of rotatable bonds is 9. The predicted molar refractivity (Wildman–Crippen MR) is 140 cm³/mol. The molecule has 3 N–H and O–H groups in total. The van der Waals surface area contributed by atoms with E-state index in [9.17, 15) is 23.5 Å². The molecule has 1 heterocycles. The lowest BCUT2D eigenvalue weighted by atomic mass is 9.83. The van der Waals surface area contributed by atoms with Crippen molar-refractivity contribution in [2.24, 2.45) is 5.92 Å². The highest BCUT2D eigenvalue weighted by molar-refractivity contribution is 5.73. The summed E-state index contributed by atoms with van der Waals surface area (Å²) in [6, 6.07) is 10.7. The number of aliphatic hydroxyl groups excluding tert-OH is 1. The maximum Gasteiger partial charge on any atom is 0.219 e. The average Bonchev–Trinajstić information content (AvgIpc) is 3.28. The average molecular weight is 516 g/mol. The number of halogens is 2. The van der Waals surface area contributed by atoms with Crippen LogP contribution in [0.25, 0.3) is 0 Å². The van der Waals surface area contributed by atoms with E-state index >= 15 is 0 Å². The molecule has 0 radical (unpaired) electrons. The van der Waals surface area contributed by atoms with Crippen LogP contribution in [0.1, 0.15) is 63.8 Å². The quantitative estimate of drug-likeness (QED) is 0.474. The van der Waals surface area contributed by atoms with Crippen LogP contribution in [0.4, 0.5) is 8.78 Å². The second-order valence-corrected chi connectivity index (χ2v) is 11.1. The van der Waals surface area contributed by atoms with Gasteiger partial charge in [-0.3, -0.25) is 9.59 Å². The third kappa shape index (κ3) is 8.07. The number of carbonyl (C=O) groups is 2. The number of hydrogen-bond acceptors (Lipinski definition) is 4. The maximum atomic E-state index is 13.7. The molecule has 2 amide bonds. The zero-order valence-electron chi connectivity index (χ0n) is 22.4. The number of likely N-dealkylation sites (tertiary alicyclic amines) is 1. The molecule has 0 spiro atoms. The monoisotopic (exact) mass is 515 g/mol. The van der Waals surface area contributed by atoms with Crippen molar-refractivity contribution in [3.05, 3.63) is 70.8 Å². The summed E-state index contributed by atoms with van der Waals surface area (Å²) in [5, 5.41) is 17.3. The van der Waals surface area contributed by atoms with Gasteiger partial charge in [-0.05, 0) is 53.0 Å². The zero-order valence-corrected chi connectivity index (χ0v) is 22.4. The van der Waals surface area contributed by atoms with Crippen LogP contribution >= 0.6 is 0 Å². The fourth-order valence-electron chi connectivity index (χ4n) is 5.02. The van der Waals surface area contributed by atoms with Gasteiger partial charge in [-0.15, -0.1) is 0 Å². The second-order valence-electron chi connectivity index (χ2n) is 11.1. The highest BCUT2D eigenvalue weighted by Crippen LogP contribution is 2.33. The van der Waals surface area contributed by atoms with Crippen LogP contribution in [0, 0.1) is 17.6 Å². The first kappa shape index (κ1) is 28.7. The number of nitrogens with one attached hydrogen (secondary N) is 2. The third-order valence-corrected chi connectivity index (χ3v) is 7.03. The first-order valence-corrected chi connectivity index (χ1v) is 12.8. The minimum absolute atomic E-state index is 0.0396. The minimum Gasteiger partial charge on any atom is -0.390 e. The van der Waals surface area contributed by atoms with Gasteiger partial charge in [-0.2, -0.15) is 0 Å². The van der Waals surface area contributed by atoms with E-state index < -0.39 is 23.8 Å². The minimum atomic E-state index is -1.02. The Morgan fingerprint density at radius 3 is 2.35 bits per heavy atom. The summed E-state index contributed by atoms with van der Waals surface area (Å²) < 4.78 is 27.5. The van der Waals surface area contributed by atoms with Crippen molar-refractivity contribution in [1.29, 1.82) is 0 Å². The Bertz CT molecular complexity index is 1080. The van der Waals surface area contributed by atoms with Crippen LogP contribution in [0.2, 0.25) is 0 Å². The van der Waals surface area contributed by atoms with Gasteiger partial charge < -0.3 is 20.6 Å². The first-order chi connectivity index (χ1) is 17.3. The van der Waals surface area contributed by atoms with Crippen LogP contribution in [0.3, 0.4) is 0 Å². The number of aliphatic hydroxyl groups is 1. The lowest BCUT2D eigenvalue weighted by molar-refractivity contribution is -0.128. The van der Waals surface area contributed by atoms with Gasteiger partial charge in [0, 0.05) is 45.6 Å². The van der Waals surface area contributed by atoms with Gasteiger partial charge in [0.15, 0.2) is 0 Å². The molecule has 202 valence electrons. The molecule has 2 aromatic rings. The summed E-state index contributed by atoms with van der Waals surface area (Å²) in [4.78, 5) is 25.7. The van der Waals surface area contributed by atoms with E-state index in [0.29, 0.717) is 18.7 Å². The van der Waals surface area contributed by atoms with Crippen molar-refractivity contribution in [1.82, 2.24) is 15.5 Å². The molecule has 2 aromatic carbocycles. The molecule has 1 saturated heterocycles. The topological polar surface area (TPSA) is 81.7 Å². The molecule has 4 atom stereocenters. The molecule has 1 fully saturated rings. The Labute approximate surface area is 218 Å². The molecule has 0 bridgehead atoms. The number of amides is 2. The summed E-state index contributed by atoms with van der Waals surface area (Å²) in [5.41, 5.74) is 2.55. The molecular formula is C29H39F2N3O3. The summed E-state index contributed by atoms with van der Waals surface area (Å²) >= 11 is 0. The van der Waals surface area contributed by atoms with Gasteiger partial charge in [-0.1, -0.05) is 45.0 Å². The summed E-state index contributed by atoms with van der Waals surface area (Å²) in [6.45, 7) is 10.8. The van der Waals surface area contributed by atoms with E-state index in [1.54, 1.807) is 6.92 Å². The molecule has 8 heteroatoms. The predicted octanol–water partition coefficient (Wildman–Crippen LogP) is 3.87. The Balaban J connectivity index is 1.82. The summed E-state index contributed by atoms with van der Waals surface area (Å²) in [6.07, 6.45) is -0.123. The second kappa shape index (κ2) is 12.1. The molecule has 0 saturated carbocycles. The standard InChI is InChI=1S/C29H39F2N3O3/c1-18(35)33-26(13-20-11-24(30)15-25(31)12-20)27(37)16-32-28(22-9-10-34(17-22)19(2)36)21-7-6-8-23(14-21)29(3,4)5/h6-8,11-12,14-15,22,26-28,32,37H,9-10,13,16-17H2,1-5H3,(H,33,35). The first-order valence-electron chi connectivity index (χ1n) is 12.8. The van der Waals surface area contributed by atoms with Crippen LogP contribution < -0.4 is 10.6 Å². The fourth-order valence-corrected chi connectivity index (χ4v) is 5.02. The van der Waals surface area contributed by atoms with Crippen molar-refractivity contribution in [3.8, 4) is 0 Å². The Hall–Kier alpha value is -2.84. The van der Waals surface area contributed by atoms with Gasteiger partial charge in [0.25, 0.3) is 0 Å². The van der Waals surface area contributed by atoms with E-state index in [0.717, 1.165) is 18.1 Å². The van der Waals surface area contributed by atoms with Gasteiger partial charge >= 0.3 is 0 Å². The lowest BCUT2D eigenvalue weighted by Gasteiger charge is -2.30. The van der Waals surface area contributed by atoms with E-state index in [1.807, 2.05) is 11.0 Å². The van der Waals surface area contributed by atoms with Crippen LogP contribution in [0.15, 0.2) is 42.5 Å². The van der Waals surface area contributed by atoms with Crippen LogP contribution in [-0.4, -0.2) is 53.6 Å². The molecule has 1 aliphatic rings. The highest BCUT2D eigenvalue weighted by Gasteiger charge is 2.33. The van der Waals surface area contributed by atoms with Crippen molar-refractivity contribution in [2.75, 3.05) is 19.6 Å². The van der Waals surface area contributed by atoms with Gasteiger partial charge in [0.2, 0.25) is 11.8 Å². The summed E-state index contributed by atoms with van der Waals surface area (Å²) in [5.74, 6) is -1.58. The molecular weight excluding hydrogens is 476 g/mol. The third-order valence-electron chi connectivity index (χ3n) is 7.03. The lowest BCUT2D eigenvalue weighted by Crippen LogP contribution is -2.49. The van der Waals surface area contributed by atoms with E-state index in [1.165, 1.54) is 24.6 Å². The van der Waals surface area contributed by atoms with Gasteiger partial charge in [-0.25, -0.2) is 8.78 Å². The molecule has 0 aromatic heterocycles. The summed E-state index contributed by atoms with van der Waals surface area (Å²) in [7, 11) is 0. The van der Waals surface area contributed by atoms with Gasteiger partial charge in [0.1, 0.15) is 11.6 Å². The van der Waals surface area contributed by atoms with E-state index in [2.05, 4.69) is 49.6 Å². The molecule has 3 rings (SSSR count). The molecule has 4 unspecified atom stereocenters. The Morgan fingerprint density at radius 1 is 1.11 bits per heavy atom. The maximum absolute atomic E-state index is 13.7. The van der Waals surface area contributed by atoms with Crippen molar-refractivity contribution in [2.45, 2.75) is 71.1 Å². The Kier molecular flexibility index (Phi) is 9.42. The van der Waals surface area contributed by atoms with Gasteiger partial charge in [0.05, 0.1) is 12.1 Å². The van der Waals surface area contributed by atoms with E-state index in [4.69, 9.17) is 0 Å². The van der Waals surface area contributed by atoms with Crippen molar-refractivity contribution >= 4 is 11.8 Å². The van der Waals surface area contributed by atoms with Crippen LogP contribution in [-0.2, 0) is 21.4 Å². The Morgan fingerprint density at radius 2 is 1.78 bits per heavy atom. The van der Waals surface area contributed by atoms with Crippen molar-refractivity contribution < 1.29 is 23.5 Å².